The quantitative estimate of drug-likeness (QED) is 0.795. The molecule has 1 heterocycles. The van der Waals surface area contributed by atoms with Crippen LogP contribution in [0.5, 0.6) is 0 Å². The van der Waals surface area contributed by atoms with Crippen LogP contribution in [0.15, 0.2) is 57.2 Å². The second-order valence-electron chi connectivity index (χ2n) is 6.44. The summed E-state index contributed by atoms with van der Waals surface area (Å²) in [4.78, 5) is 4.23. The van der Waals surface area contributed by atoms with Crippen LogP contribution in [0.4, 0.5) is 5.69 Å². The first-order valence-corrected chi connectivity index (χ1v) is 11.4. The molecule has 0 radical (unpaired) electrons. The number of sulfonamides is 2. The van der Waals surface area contributed by atoms with Gasteiger partial charge in [-0.05, 0) is 55.7 Å². The average molecular weight is 408 g/mol. The summed E-state index contributed by atoms with van der Waals surface area (Å²) < 4.78 is 55.4. The zero-order valence-electron chi connectivity index (χ0n) is 15.1. The first-order chi connectivity index (χ1) is 12.7. The van der Waals surface area contributed by atoms with Gasteiger partial charge in [0.15, 0.2) is 0 Å². The van der Waals surface area contributed by atoms with Crippen LogP contribution in [-0.2, 0) is 20.0 Å². The molecule has 0 bridgehead atoms. The van der Waals surface area contributed by atoms with Gasteiger partial charge in [0.05, 0.1) is 15.5 Å². The smallest absolute Gasteiger partial charge is 0.262 e. The number of hydrogen-bond acceptors (Lipinski definition) is 5. The Morgan fingerprint density at radius 3 is 2.41 bits per heavy atom. The van der Waals surface area contributed by atoms with Crippen molar-refractivity contribution in [3.05, 3.63) is 53.6 Å². The molecule has 3 rings (SSSR count). The van der Waals surface area contributed by atoms with Crippen molar-refractivity contribution in [2.45, 2.75) is 36.5 Å². The normalized spacial score (nSPS) is 14.7. The zero-order valence-corrected chi connectivity index (χ0v) is 16.7. The maximum absolute atomic E-state index is 12.7. The van der Waals surface area contributed by atoms with Gasteiger partial charge in [-0.2, -0.15) is 0 Å². The van der Waals surface area contributed by atoms with Gasteiger partial charge in [0.25, 0.3) is 20.0 Å². The maximum Gasteiger partial charge on any atom is 0.262 e. The Labute approximate surface area is 159 Å². The third-order valence-corrected chi connectivity index (χ3v) is 7.06. The second kappa shape index (κ2) is 7.32. The van der Waals surface area contributed by atoms with E-state index in [9.17, 15) is 16.8 Å². The fraction of sp³-hybridized carbons (Fsp3) is 0.278. The first-order valence-electron chi connectivity index (χ1n) is 8.44. The van der Waals surface area contributed by atoms with Gasteiger partial charge >= 0.3 is 0 Å². The van der Waals surface area contributed by atoms with Crippen LogP contribution in [-0.4, -0.2) is 29.2 Å². The number of rotatable bonds is 5. The SMILES string of the molecule is Cc1ccc(C)c(S(=O)(=O)Nc2cccc(S(=O)(=O)NC3=NCCC3)c2)c1. The standard InChI is InChI=1S/C18H21N3O4S2/c1-13-8-9-14(2)17(11-13)27(24,25)20-15-5-3-6-16(12-15)26(22,23)21-18-7-4-10-19-18/h3,5-6,8-9,11-12,20H,4,7,10H2,1-2H3,(H,19,21). The second-order valence-corrected chi connectivity index (χ2v) is 9.77. The minimum Gasteiger partial charge on any atom is -0.280 e. The highest BCUT2D eigenvalue weighted by atomic mass is 32.2. The summed E-state index contributed by atoms with van der Waals surface area (Å²) in [6.07, 6.45) is 1.39. The lowest BCUT2D eigenvalue weighted by Gasteiger charge is -2.13. The number of amidine groups is 1. The largest absolute Gasteiger partial charge is 0.280 e. The molecule has 0 aromatic heterocycles. The molecule has 1 aliphatic rings. The van der Waals surface area contributed by atoms with Crippen LogP contribution < -0.4 is 9.44 Å². The Bertz CT molecular complexity index is 1110. The Kier molecular flexibility index (Phi) is 5.25. The molecule has 0 saturated carbocycles. The van der Waals surface area contributed by atoms with E-state index in [0.717, 1.165) is 12.0 Å². The summed E-state index contributed by atoms with van der Waals surface area (Å²) in [6.45, 7) is 4.12. The molecule has 2 aromatic rings. The van der Waals surface area contributed by atoms with Crippen LogP contribution in [0.3, 0.4) is 0 Å². The molecule has 9 heteroatoms. The summed E-state index contributed by atoms with van der Waals surface area (Å²) in [5.74, 6) is 0.427. The highest BCUT2D eigenvalue weighted by molar-refractivity contribution is 7.92. The molecule has 0 unspecified atom stereocenters. The Balaban J connectivity index is 1.88. The number of anilines is 1. The Morgan fingerprint density at radius 2 is 1.70 bits per heavy atom. The first kappa shape index (κ1) is 19.4. The molecule has 7 nitrogen and oxygen atoms in total. The third-order valence-electron chi connectivity index (χ3n) is 4.16. The summed E-state index contributed by atoms with van der Waals surface area (Å²) in [6, 6.07) is 10.9. The van der Waals surface area contributed by atoms with Crippen molar-refractivity contribution < 1.29 is 16.8 Å². The zero-order chi connectivity index (χ0) is 19.7. The minimum atomic E-state index is -3.84. The molecule has 27 heavy (non-hydrogen) atoms. The van der Waals surface area contributed by atoms with E-state index < -0.39 is 20.0 Å². The molecular formula is C18H21N3O4S2. The van der Waals surface area contributed by atoms with Gasteiger partial charge in [-0.25, -0.2) is 16.8 Å². The molecule has 0 amide bonds. The van der Waals surface area contributed by atoms with Crippen molar-refractivity contribution >= 4 is 31.6 Å². The van der Waals surface area contributed by atoms with E-state index in [1.54, 1.807) is 19.1 Å². The summed E-state index contributed by atoms with van der Waals surface area (Å²) in [7, 11) is -7.66. The average Bonchev–Trinajstić information content (AvgIpc) is 3.09. The lowest BCUT2D eigenvalue weighted by atomic mass is 10.2. The van der Waals surface area contributed by atoms with E-state index in [2.05, 4.69) is 14.4 Å². The molecule has 2 aromatic carbocycles. The molecule has 0 aliphatic carbocycles. The van der Waals surface area contributed by atoms with Crippen LogP contribution >= 0.6 is 0 Å². The predicted molar refractivity (Wildman–Crippen MR) is 105 cm³/mol. The number of hydrogen-bond donors (Lipinski definition) is 2. The summed E-state index contributed by atoms with van der Waals surface area (Å²) in [5, 5.41) is 0. The van der Waals surface area contributed by atoms with E-state index in [1.807, 2.05) is 13.0 Å². The van der Waals surface area contributed by atoms with Crippen molar-refractivity contribution in [3.63, 3.8) is 0 Å². The van der Waals surface area contributed by atoms with E-state index >= 15 is 0 Å². The van der Waals surface area contributed by atoms with Crippen LogP contribution in [0.1, 0.15) is 24.0 Å². The Hall–Kier alpha value is -2.39. The predicted octanol–water partition coefficient (Wildman–Crippen LogP) is 2.57. The number of aryl methyl sites for hydroxylation is 2. The van der Waals surface area contributed by atoms with Gasteiger partial charge < -0.3 is 0 Å². The van der Waals surface area contributed by atoms with E-state index in [1.165, 1.54) is 24.3 Å². The van der Waals surface area contributed by atoms with E-state index in [0.29, 0.717) is 24.4 Å². The van der Waals surface area contributed by atoms with Crippen molar-refractivity contribution in [1.82, 2.24) is 4.72 Å². The third kappa shape index (κ3) is 4.48. The molecule has 0 fully saturated rings. The maximum atomic E-state index is 12.7. The molecule has 0 atom stereocenters. The molecule has 0 spiro atoms. The van der Waals surface area contributed by atoms with Crippen LogP contribution in [0.25, 0.3) is 0 Å². The fourth-order valence-electron chi connectivity index (χ4n) is 2.77. The highest BCUT2D eigenvalue weighted by Gasteiger charge is 2.21. The van der Waals surface area contributed by atoms with Crippen molar-refractivity contribution in [2.75, 3.05) is 11.3 Å². The van der Waals surface area contributed by atoms with Gasteiger partial charge in [-0.15, -0.1) is 0 Å². The molecular weight excluding hydrogens is 386 g/mol. The number of nitrogens with one attached hydrogen (secondary N) is 2. The number of nitrogens with zero attached hydrogens (tertiary/aromatic N) is 1. The fourth-order valence-corrected chi connectivity index (χ4v) is 5.29. The molecule has 0 saturated heterocycles. The van der Waals surface area contributed by atoms with Gasteiger partial charge in [-0.1, -0.05) is 18.2 Å². The molecule has 144 valence electrons. The van der Waals surface area contributed by atoms with Crippen LogP contribution in [0.2, 0.25) is 0 Å². The lowest BCUT2D eigenvalue weighted by Crippen LogP contribution is -2.29. The molecule has 2 N–H and O–H groups in total. The summed E-state index contributed by atoms with van der Waals surface area (Å²) >= 11 is 0. The number of aliphatic imine (C=N–C) groups is 1. The van der Waals surface area contributed by atoms with E-state index in [4.69, 9.17) is 0 Å². The van der Waals surface area contributed by atoms with Crippen molar-refractivity contribution in [1.29, 1.82) is 0 Å². The van der Waals surface area contributed by atoms with Gasteiger partial charge in [0.1, 0.15) is 5.84 Å². The van der Waals surface area contributed by atoms with Crippen molar-refractivity contribution in [2.24, 2.45) is 4.99 Å². The van der Waals surface area contributed by atoms with Gasteiger partial charge in [0.2, 0.25) is 0 Å². The van der Waals surface area contributed by atoms with Crippen LogP contribution in [0, 0.1) is 13.8 Å². The topological polar surface area (TPSA) is 105 Å². The summed E-state index contributed by atoms with van der Waals surface area (Å²) in [5.41, 5.74) is 1.60. The van der Waals surface area contributed by atoms with Gasteiger partial charge in [0, 0.05) is 13.0 Å². The van der Waals surface area contributed by atoms with Gasteiger partial charge in [-0.3, -0.25) is 14.4 Å². The van der Waals surface area contributed by atoms with E-state index in [-0.39, 0.29) is 15.5 Å². The Morgan fingerprint density at radius 1 is 0.926 bits per heavy atom. The minimum absolute atomic E-state index is 0.0294. The lowest BCUT2D eigenvalue weighted by molar-refractivity contribution is 0.591. The molecule has 1 aliphatic heterocycles. The monoisotopic (exact) mass is 407 g/mol. The highest BCUT2D eigenvalue weighted by Crippen LogP contribution is 2.22. The van der Waals surface area contributed by atoms with Crippen molar-refractivity contribution in [3.8, 4) is 0 Å². The number of benzene rings is 2.